The second-order valence-corrected chi connectivity index (χ2v) is 6.39. The van der Waals surface area contributed by atoms with Gasteiger partial charge >= 0.3 is 0 Å². The number of nitrogens with one attached hydrogen (secondary N) is 2. The predicted octanol–water partition coefficient (Wildman–Crippen LogP) is 0.642. The van der Waals surface area contributed by atoms with E-state index >= 15 is 0 Å². The lowest BCUT2D eigenvalue weighted by Gasteiger charge is -2.32. The molecule has 128 valence electrons. The first kappa shape index (κ1) is 16.5. The van der Waals surface area contributed by atoms with Crippen LogP contribution >= 0.6 is 0 Å². The molecular formula is C17H23N5O2. The highest BCUT2D eigenvalue weighted by molar-refractivity contribution is 5.93. The van der Waals surface area contributed by atoms with Crippen LogP contribution in [-0.4, -0.2) is 55.3 Å². The third kappa shape index (κ3) is 4.59. The summed E-state index contributed by atoms with van der Waals surface area (Å²) in [6, 6.07) is 1.80. The summed E-state index contributed by atoms with van der Waals surface area (Å²) in [5.41, 5.74) is 0. The maximum Gasteiger partial charge on any atom is 0.296 e. The maximum absolute atomic E-state index is 12.0. The molecule has 1 amide bonds. The summed E-state index contributed by atoms with van der Waals surface area (Å²) < 4.78 is 5.55. The molecule has 0 aromatic carbocycles. The number of carbonyl (C=O) groups is 1. The molecule has 1 aliphatic heterocycles. The van der Waals surface area contributed by atoms with Gasteiger partial charge in [0, 0.05) is 32.7 Å². The average molecular weight is 329 g/mol. The SMILES string of the molecule is CN(C)c1cc(N[C@@H]2COCC[C@@H]2NC(=O)C#CC2CC2)ncn1. The van der Waals surface area contributed by atoms with Crippen molar-refractivity contribution >= 4 is 17.5 Å². The van der Waals surface area contributed by atoms with Crippen molar-refractivity contribution < 1.29 is 9.53 Å². The van der Waals surface area contributed by atoms with Crippen LogP contribution in [0.1, 0.15) is 19.3 Å². The fraction of sp³-hybridized carbons (Fsp3) is 0.588. The molecule has 2 fully saturated rings. The van der Waals surface area contributed by atoms with Crippen molar-refractivity contribution in [3.63, 3.8) is 0 Å². The van der Waals surface area contributed by atoms with Crippen LogP contribution in [0, 0.1) is 17.8 Å². The average Bonchev–Trinajstić information content (AvgIpc) is 3.39. The predicted molar refractivity (Wildman–Crippen MR) is 91.6 cm³/mol. The van der Waals surface area contributed by atoms with Gasteiger partial charge in [0.15, 0.2) is 0 Å². The number of anilines is 2. The standard InChI is InChI=1S/C17H23N5O2/c1-22(2)16-9-15(18-11-19-16)20-14-10-24-8-7-13(14)21-17(23)6-5-12-3-4-12/h9,11-14H,3-4,7-8,10H2,1-2H3,(H,21,23)(H,18,19,20)/t13-,14+/m0/s1. The summed E-state index contributed by atoms with van der Waals surface area (Å²) >= 11 is 0. The smallest absolute Gasteiger partial charge is 0.296 e. The van der Waals surface area contributed by atoms with Gasteiger partial charge in [-0.1, -0.05) is 5.92 Å². The minimum absolute atomic E-state index is 0.0301. The van der Waals surface area contributed by atoms with Crippen molar-refractivity contribution in [1.29, 1.82) is 0 Å². The van der Waals surface area contributed by atoms with Gasteiger partial charge in [-0.3, -0.25) is 4.79 Å². The van der Waals surface area contributed by atoms with Crippen molar-refractivity contribution in [2.45, 2.75) is 31.3 Å². The van der Waals surface area contributed by atoms with E-state index < -0.39 is 0 Å². The Balaban J connectivity index is 1.62. The van der Waals surface area contributed by atoms with Crippen LogP contribution in [0.3, 0.4) is 0 Å². The molecule has 7 heteroatoms. The van der Waals surface area contributed by atoms with Gasteiger partial charge in [0.05, 0.1) is 18.7 Å². The second kappa shape index (κ2) is 7.49. The molecule has 7 nitrogen and oxygen atoms in total. The zero-order valence-electron chi connectivity index (χ0n) is 14.1. The van der Waals surface area contributed by atoms with E-state index in [0.29, 0.717) is 24.9 Å². The van der Waals surface area contributed by atoms with Crippen molar-refractivity contribution in [3.05, 3.63) is 12.4 Å². The highest BCUT2D eigenvalue weighted by Gasteiger charge is 2.27. The molecule has 1 aromatic rings. The lowest BCUT2D eigenvalue weighted by atomic mass is 10.0. The summed E-state index contributed by atoms with van der Waals surface area (Å²) in [7, 11) is 3.86. The summed E-state index contributed by atoms with van der Waals surface area (Å²) in [6.45, 7) is 1.15. The van der Waals surface area contributed by atoms with E-state index in [1.807, 2.05) is 25.1 Å². The van der Waals surface area contributed by atoms with Crippen molar-refractivity contribution in [1.82, 2.24) is 15.3 Å². The van der Waals surface area contributed by atoms with Crippen LogP contribution in [-0.2, 0) is 9.53 Å². The van der Waals surface area contributed by atoms with E-state index in [-0.39, 0.29) is 18.0 Å². The molecule has 3 rings (SSSR count). The van der Waals surface area contributed by atoms with Gasteiger partial charge in [-0.05, 0) is 25.2 Å². The first-order chi connectivity index (χ1) is 11.6. The van der Waals surface area contributed by atoms with Crippen molar-refractivity contribution in [2.24, 2.45) is 5.92 Å². The maximum atomic E-state index is 12.0. The molecule has 0 radical (unpaired) electrons. The quantitative estimate of drug-likeness (QED) is 0.789. The van der Waals surface area contributed by atoms with Crippen LogP contribution in [0.25, 0.3) is 0 Å². The van der Waals surface area contributed by atoms with E-state index in [0.717, 1.165) is 25.1 Å². The summed E-state index contributed by atoms with van der Waals surface area (Å²) in [5.74, 6) is 7.44. The van der Waals surface area contributed by atoms with Gasteiger partial charge in [-0.15, -0.1) is 0 Å². The Hall–Kier alpha value is -2.33. The molecule has 2 atom stereocenters. The minimum Gasteiger partial charge on any atom is -0.379 e. The van der Waals surface area contributed by atoms with Crippen molar-refractivity contribution in [2.75, 3.05) is 37.5 Å². The molecule has 2 aliphatic rings. The second-order valence-electron chi connectivity index (χ2n) is 6.39. The molecule has 1 saturated carbocycles. The number of hydrogen-bond acceptors (Lipinski definition) is 6. The summed E-state index contributed by atoms with van der Waals surface area (Å²) in [5, 5.41) is 6.34. The zero-order valence-corrected chi connectivity index (χ0v) is 14.1. The lowest BCUT2D eigenvalue weighted by Crippen LogP contribution is -2.52. The molecule has 0 unspecified atom stereocenters. The van der Waals surface area contributed by atoms with E-state index in [1.54, 1.807) is 0 Å². The summed E-state index contributed by atoms with van der Waals surface area (Å²) in [6.07, 6.45) is 4.50. The fourth-order valence-corrected chi connectivity index (χ4v) is 2.51. The molecule has 2 heterocycles. The molecule has 0 spiro atoms. The lowest BCUT2D eigenvalue weighted by molar-refractivity contribution is -0.117. The van der Waals surface area contributed by atoms with Gasteiger partial charge in [-0.2, -0.15) is 0 Å². The van der Waals surface area contributed by atoms with Crippen LogP contribution in [0.4, 0.5) is 11.6 Å². The Labute approximate surface area is 142 Å². The molecule has 24 heavy (non-hydrogen) atoms. The minimum atomic E-state index is -0.211. The Morgan fingerprint density at radius 3 is 2.88 bits per heavy atom. The first-order valence-corrected chi connectivity index (χ1v) is 8.27. The fourth-order valence-electron chi connectivity index (χ4n) is 2.51. The first-order valence-electron chi connectivity index (χ1n) is 8.27. The largest absolute Gasteiger partial charge is 0.379 e. The molecule has 2 N–H and O–H groups in total. The molecule has 1 saturated heterocycles. The van der Waals surface area contributed by atoms with Gasteiger partial charge < -0.3 is 20.3 Å². The van der Waals surface area contributed by atoms with Crippen LogP contribution in [0.5, 0.6) is 0 Å². The van der Waals surface area contributed by atoms with Crippen molar-refractivity contribution in [3.8, 4) is 11.8 Å². The Morgan fingerprint density at radius 2 is 2.12 bits per heavy atom. The van der Waals surface area contributed by atoms with E-state index in [2.05, 4.69) is 32.4 Å². The van der Waals surface area contributed by atoms with Crippen LogP contribution in [0.15, 0.2) is 12.4 Å². The Morgan fingerprint density at radius 1 is 1.29 bits per heavy atom. The number of amides is 1. The normalized spacial score (nSPS) is 22.9. The zero-order chi connectivity index (χ0) is 16.9. The number of carbonyl (C=O) groups excluding carboxylic acids is 1. The number of rotatable bonds is 4. The molecule has 1 aliphatic carbocycles. The van der Waals surface area contributed by atoms with E-state index in [1.165, 1.54) is 6.33 Å². The summed E-state index contributed by atoms with van der Waals surface area (Å²) in [4.78, 5) is 22.4. The van der Waals surface area contributed by atoms with Crippen LogP contribution < -0.4 is 15.5 Å². The van der Waals surface area contributed by atoms with E-state index in [9.17, 15) is 4.79 Å². The molecular weight excluding hydrogens is 306 g/mol. The monoisotopic (exact) mass is 329 g/mol. The third-order valence-corrected chi connectivity index (χ3v) is 4.08. The topological polar surface area (TPSA) is 79.4 Å². The highest BCUT2D eigenvalue weighted by Crippen LogP contribution is 2.27. The number of hydrogen-bond donors (Lipinski definition) is 2. The van der Waals surface area contributed by atoms with Gasteiger partial charge in [0.1, 0.15) is 18.0 Å². The van der Waals surface area contributed by atoms with Gasteiger partial charge in [0.25, 0.3) is 5.91 Å². The third-order valence-electron chi connectivity index (χ3n) is 4.08. The molecule has 0 bridgehead atoms. The van der Waals surface area contributed by atoms with Gasteiger partial charge in [0.2, 0.25) is 0 Å². The van der Waals surface area contributed by atoms with Crippen LogP contribution in [0.2, 0.25) is 0 Å². The van der Waals surface area contributed by atoms with Gasteiger partial charge in [-0.25, -0.2) is 9.97 Å². The Bertz CT molecular complexity index is 648. The van der Waals surface area contributed by atoms with E-state index in [4.69, 9.17) is 4.74 Å². The number of aromatic nitrogens is 2. The number of nitrogens with zero attached hydrogens (tertiary/aromatic N) is 3. The molecule has 1 aromatic heterocycles. The number of ether oxygens (including phenoxy) is 1. The highest BCUT2D eigenvalue weighted by atomic mass is 16.5. The Kier molecular flexibility index (Phi) is 5.16.